The number of nitrogens with one attached hydrogen (secondary N) is 1. The first-order chi connectivity index (χ1) is 11.5. The van der Waals surface area contributed by atoms with Crippen LogP contribution in [0.2, 0.25) is 0 Å². The molecule has 1 amide bonds. The number of aryl methyl sites for hydroxylation is 1. The molecule has 0 saturated heterocycles. The van der Waals surface area contributed by atoms with Crippen molar-refractivity contribution in [2.75, 3.05) is 7.05 Å². The molecule has 3 rings (SSSR count). The van der Waals surface area contributed by atoms with Gasteiger partial charge in [0.05, 0.1) is 12.5 Å². The summed E-state index contributed by atoms with van der Waals surface area (Å²) in [6, 6.07) is 11.5. The fourth-order valence-corrected chi connectivity index (χ4v) is 2.76. The van der Waals surface area contributed by atoms with Crippen molar-refractivity contribution in [3.05, 3.63) is 69.8 Å². The van der Waals surface area contributed by atoms with E-state index in [4.69, 9.17) is 0 Å². The van der Waals surface area contributed by atoms with Gasteiger partial charge in [-0.2, -0.15) is 0 Å². The van der Waals surface area contributed by atoms with Crippen LogP contribution in [0.3, 0.4) is 0 Å². The van der Waals surface area contributed by atoms with Gasteiger partial charge < -0.3 is 4.90 Å². The number of carbonyl (C=O) groups is 1. The first-order valence-corrected chi connectivity index (χ1v) is 7.85. The number of hydrogen-bond acceptors (Lipinski definition) is 3. The molecule has 124 valence electrons. The molecular weight excluding hydrogens is 304 g/mol. The molecule has 6 heteroatoms. The van der Waals surface area contributed by atoms with Gasteiger partial charge in [-0.3, -0.25) is 14.7 Å². The average Bonchev–Trinajstić information content (AvgIpc) is 3.06. The average molecular weight is 324 g/mol. The summed E-state index contributed by atoms with van der Waals surface area (Å²) in [5.41, 5.74) is 2.40. The molecule has 1 atom stereocenters. The fourth-order valence-electron chi connectivity index (χ4n) is 2.76. The van der Waals surface area contributed by atoms with E-state index in [2.05, 4.69) is 10.1 Å². The maximum Gasteiger partial charge on any atom is 0.276 e. The Morgan fingerprint density at radius 1 is 1.29 bits per heavy atom. The third-order valence-corrected chi connectivity index (χ3v) is 4.43. The molecule has 0 bridgehead atoms. The summed E-state index contributed by atoms with van der Waals surface area (Å²) in [4.78, 5) is 31.2. The molecule has 3 aromatic rings. The van der Waals surface area contributed by atoms with Crippen molar-refractivity contribution in [1.82, 2.24) is 19.5 Å². The Balaban J connectivity index is 1.86. The van der Waals surface area contributed by atoms with Crippen molar-refractivity contribution in [3.63, 3.8) is 0 Å². The third kappa shape index (κ3) is 2.82. The molecular formula is C18H20N4O2. The Hall–Kier alpha value is -2.89. The number of aromatic nitrogens is 3. The highest BCUT2D eigenvalue weighted by Gasteiger charge is 2.21. The minimum absolute atomic E-state index is 0.0350. The molecule has 24 heavy (non-hydrogen) atoms. The molecule has 0 aliphatic rings. The number of H-pyrrole nitrogens is 1. The number of benzene rings is 1. The molecule has 0 saturated carbocycles. The normalized spacial score (nSPS) is 12.3. The number of aromatic amines is 1. The second-order valence-corrected chi connectivity index (χ2v) is 5.91. The van der Waals surface area contributed by atoms with Crippen LogP contribution >= 0.6 is 0 Å². The van der Waals surface area contributed by atoms with Gasteiger partial charge in [0.15, 0.2) is 5.65 Å². The Morgan fingerprint density at radius 3 is 2.71 bits per heavy atom. The minimum Gasteiger partial charge on any atom is -0.339 e. The fraction of sp³-hybridized carbons (Fsp3) is 0.278. The number of likely N-dealkylation sites (N-methyl/N-ethyl adjacent to an activating group) is 1. The molecule has 0 aliphatic carbocycles. The molecule has 1 aromatic carbocycles. The third-order valence-electron chi connectivity index (χ3n) is 4.43. The Labute approximate surface area is 139 Å². The lowest BCUT2D eigenvalue weighted by atomic mass is 10.1. The number of hydrogen-bond donors (Lipinski definition) is 1. The standard InChI is InChI=1S/C18H20N4O2/c1-12-15(18(24)22-16(20-12)9-10-19-22)11-17(23)21(3)13(2)14-7-5-4-6-8-14/h4-10,13,19H,11H2,1-3H3/t13-/m1/s1. The van der Waals surface area contributed by atoms with E-state index in [1.165, 1.54) is 4.52 Å². The Kier molecular flexibility index (Phi) is 4.20. The zero-order valence-electron chi connectivity index (χ0n) is 14.0. The second-order valence-electron chi connectivity index (χ2n) is 5.91. The molecule has 1 N–H and O–H groups in total. The Bertz CT molecular complexity index is 927. The molecule has 0 spiro atoms. The van der Waals surface area contributed by atoms with E-state index in [0.29, 0.717) is 16.9 Å². The first-order valence-electron chi connectivity index (χ1n) is 7.85. The van der Waals surface area contributed by atoms with Crippen LogP contribution in [0.4, 0.5) is 0 Å². The quantitative estimate of drug-likeness (QED) is 0.799. The summed E-state index contributed by atoms with van der Waals surface area (Å²) >= 11 is 0. The van der Waals surface area contributed by atoms with Gasteiger partial charge in [0.1, 0.15) is 0 Å². The van der Waals surface area contributed by atoms with Gasteiger partial charge in [-0.15, -0.1) is 0 Å². The first kappa shape index (κ1) is 16.0. The molecule has 0 radical (unpaired) electrons. The van der Waals surface area contributed by atoms with E-state index in [1.807, 2.05) is 37.3 Å². The van der Waals surface area contributed by atoms with E-state index >= 15 is 0 Å². The molecule has 2 aromatic heterocycles. The monoisotopic (exact) mass is 324 g/mol. The van der Waals surface area contributed by atoms with E-state index in [9.17, 15) is 9.59 Å². The summed E-state index contributed by atoms with van der Waals surface area (Å²) in [6.07, 6.45) is 1.69. The van der Waals surface area contributed by atoms with Crippen molar-refractivity contribution < 1.29 is 4.79 Å². The molecule has 2 heterocycles. The van der Waals surface area contributed by atoms with E-state index < -0.39 is 0 Å². The smallest absolute Gasteiger partial charge is 0.276 e. The second kappa shape index (κ2) is 6.31. The summed E-state index contributed by atoms with van der Waals surface area (Å²) < 4.78 is 1.36. The van der Waals surface area contributed by atoms with Crippen molar-refractivity contribution in [2.45, 2.75) is 26.3 Å². The number of amides is 1. The molecule has 0 fully saturated rings. The van der Waals surface area contributed by atoms with Gasteiger partial charge in [-0.25, -0.2) is 9.50 Å². The van der Waals surface area contributed by atoms with Crippen molar-refractivity contribution in [3.8, 4) is 0 Å². The largest absolute Gasteiger partial charge is 0.339 e. The predicted molar refractivity (Wildman–Crippen MR) is 91.9 cm³/mol. The van der Waals surface area contributed by atoms with Crippen LogP contribution in [-0.2, 0) is 11.2 Å². The van der Waals surface area contributed by atoms with Crippen LogP contribution in [0, 0.1) is 6.92 Å². The van der Waals surface area contributed by atoms with Gasteiger partial charge in [-0.1, -0.05) is 30.3 Å². The van der Waals surface area contributed by atoms with E-state index in [1.54, 1.807) is 31.1 Å². The van der Waals surface area contributed by atoms with Gasteiger partial charge in [0.25, 0.3) is 5.56 Å². The minimum atomic E-state index is -0.225. The lowest BCUT2D eigenvalue weighted by Crippen LogP contribution is -2.33. The lowest BCUT2D eigenvalue weighted by Gasteiger charge is -2.25. The van der Waals surface area contributed by atoms with E-state index in [0.717, 1.165) is 5.56 Å². The van der Waals surface area contributed by atoms with Crippen LogP contribution in [0.5, 0.6) is 0 Å². The SMILES string of the molecule is Cc1nc2cc[nH]n2c(=O)c1CC(=O)N(C)[C@H](C)c1ccccc1. The summed E-state index contributed by atoms with van der Waals surface area (Å²) in [5.74, 6) is -0.111. The van der Waals surface area contributed by atoms with Crippen molar-refractivity contribution >= 4 is 11.6 Å². The molecule has 6 nitrogen and oxygen atoms in total. The highest BCUT2D eigenvalue weighted by Crippen LogP contribution is 2.19. The van der Waals surface area contributed by atoms with Crippen LogP contribution in [0.1, 0.15) is 29.8 Å². The zero-order chi connectivity index (χ0) is 17.3. The lowest BCUT2D eigenvalue weighted by molar-refractivity contribution is -0.131. The Morgan fingerprint density at radius 2 is 2.00 bits per heavy atom. The topological polar surface area (TPSA) is 70.5 Å². The van der Waals surface area contributed by atoms with Crippen LogP contribution in [-0.4, -0.2) is 32.5 Å². The number of rotatable bonds is 4. The highest BCUT2D eigenvalue weighted by molar-refractivity contribution is 5.79. The summed E-state index contributed by atoms with van der Waals surface area (Å²) in [7, 11) is 1.76. The van der Waals surface area contributed by atoms with Gasteiger partial charge in [0, 0.05) is 30.6 Å². The van der Waals surface area contributed by atoms with Gasteiger partial charge in [0.2, 0.25) is 5.91 Å². The summed E-state index contributed by atoms with van der Waals surface area (Å²) in [5, 5.41) is 2.82. The highest BCUT2D eigenvalue weighted by atomic mass is 16.2. The van der Waals surface area contributed by atoms with E-state index in [-0.39, 0.29) is 23.9 Å². The summed E-state index contributed by atoms with van der Waals surface area (Å²) in [6.45, 7) is 3.73. The number of nitrogens with zero attached hydrogens (tertiary/aromatic N) is 3. The van der Waals surface area contributed by atoms with Gasteiger partial charge >= 0.3 is 0 Å². The van der Waals surface area contributed by atoms with Crippen LogP contribution in [0.25, 0.3) is 5.65 Å². The van der Waals surface area contributed by atoms with Crippen LogP contribution in [0.15, 0.2) is 47.4 Å². The molecule has 0 aliphatic heterocycles. The number of fused-ring (bicyclic) bond motifs is 1. The molecule has 0 unspecified atom stereocenters. The zero-order valence-corrected chi connectivity index (χ0v) is 14.0. The van der Waals surface area contributed by atoms with Crippen molar-refractivity contribution in [2.24, 2.45) is 0 Å². The number of carbonyl (C=O) groups excluding carboxylic acids is 1. The van der Waals surface area contributed by atoms with Gasteiger partial charge in [-0.05, 0) is 19.4 Å². The maximum atomic E-state index is 12.6. The van der Waals surface area contributed by atoms with Crippen molar-refractivity contribution in [1.29, 1.82) is 0 Å². The maximum absolute atomic E-state index is 12.6. The van der Waals surface area contributed by atoms with Crippen LogP contribution < -0.4 is 5.56 Å². The predicted octanol–water partition coefficient (Wildman–Crippen LogP) is 2.09.